The minimum atomic E-state index is -0.542. The first-order valence-corrected chi connectivity index (χ1v) is 12.6. The standard InChI is InChI=1S/C27H23N3O6S2/c1-16-7-9-20(11-17(16)2)29-26(32)24(38-27(29)37)13-18-8-10-22(23(12-18)35-3)36-15-25(31)28-19-5-4-6-21(14-19)30(33)34/h4-14H,15H2,1-3H3,(H,28,31)/b24-13-. The summed E-state index contributed by atoms with van der Waals surface area (Å²) in [6, 6.07) is 16.4. The molecule has 38 heavy (non-hydrogen) atoms. The minimum Gasteiger partial charge on any atom is -0.493 e. The molecule has 0 spiro atoms. The zero-order valence-electron chi connectivity index (χ0n) is 20.7. The molecule has 0 bridgehead atoms. The molecule has 0 aromatic heterocycles. The van der Waals surface area contributed by atoms with Gasteiger partial charge < -0.3 is 14.8 Å². The summed E-state index contributed by atoms with van der Waals surface area (Å²) in [7, 11) is 1.47. The molecule has 194 valence electrons. The van der Waals surface area contributed by atoms with Crippen LogP contribution in [0.2, 0.25) is 0 Å². The van der Waals surface area contributed by atoms with Gasteiger partial charge in [-0.1, -0.05) is 42.2 Å². The number of benzene rings is 3. The highest BCUT2D eigenvalue weighted by Crippen LogP contribution is 2.37. The predicted octanol–water partition coefficient (Wildman–Crippen LogP) is 5.64. The number of hydrogen-bond donors (Lipinski definition) is 1. The van der Waals surface area contributed by atoms with Gasteiger partial charge in [-0.2, -0.15) is 0 Å². The monoisotopic (exact) mass is 549 g/mol. The molecular formula is C27H23N3O6S2. The van der Waals surface area contributed by atoms with Crippen LogP contribution in [0.1, 0.15) is 16.7 Å². The van der Waals surface area contributed by atoms with Crippen LogP contribution < -0.4 is 19.7 Å². The van der Waals surface area contributed by atoms with Crippen molar-refractivity contribution in [1.82, 2.24) is 0 Å². The molecule has 1 fully saturated rings. The topological polar surface area (TPSA) is 111 Å². The number of carbonyl (C=O) groups excluding carboxylic acids is 2. The molecule has 3 aromatic carbocycles. The number of aryl methyl sites for hydroxylation is 2. The van der Waals surface area contributed by atoms with Crippen molar-refractivity contribution in [1.29, 1.82) is 0 Å². The number of anilines is 2. The normalized spacial score (nSPS) is 14.1. The van der Waals surface area contributed by atoms with Gasteiger partial charge in [-0.3, -0.25) is 24.6 Å². The van der Waals surface area contributed by atoms with Gasteiger partial charge in [0.15, 0.2) is 22.4 Å². The van der Waals surface area contributed by atoms with Crippen LogP contribution in [0.4, 0.5) is 17.1 Å². The van der Waals surface area contributed by atoms with Crippen molar-refractivity contribution in [3.63, 3.8) is 0 Å². The summed E-state index contributed by atoms with van der Waals surface area (Å²) in [5.41, 5.74) is 3.77. The number of thiocarbonyl (C=S) groups is 1. The molecule has 0 atom stereocenters. The van der Waals surface area contributed by atoms with E-state index in [9.17, 15) is 19.7 Å². The van der Waals surface area contributed by atoms with Crippen LogP contribution in [0, 0.1) is 24.0 Å². The molecular weight excluding hydrogens is 526 g/mol. The lowest BCUT2D eigenvalue weighted by atomic mass is 10.1. The number of nitro groups is 1. The number of amides is 2. The number of nitrogens with one attached hydrogen (secondary N) is 1. The van der Waals surface area contributed by atoms with E-state index < -0.39 is 10.8 Å². The molecule has 0 unspecified atom stereocenters. The van der Waals surface area contributed by atoms with E-state index in [0.717, 1.165) is 16.8 Å². The number of hydrogen-bond acceptors (Lipinski definition) is 8. The second-order valence-corrected chi connectivity index (χ2v) is 10.0. The molecule has 3 aromatic rings. The molecule has 11 heteroatoms. The number of ether oxygens (including phenoxy) is 2. The number of non-ortho nitro benzene ring substituents is 1. The first kappa shape index (κ1) is 26.8. The summed E-state index contributed by atoms with van der Waals surface area (Å²) in [4.78, 5) is 37.8. The fourth-order valence-corrected chi connectivity index (χ4v) is 4.94. The molecule has 1 saturated heterocycles. The Hall–Kier alpha value is -4.22. The Morgan fingerprint density at radius 1 is 1.11 bits per heavy atom. The third-order valence-electron chi connectivity index (χ3n) is 5.73. The number of carbonyl (C=O) groups is 2. The Kier molecular flexibility index (Phi) is 8.08. The summed E-state index contributed by atoms with van der Waals surface area (Å²) >= 11 is 6.69. The molecule has 1 N–H and O–H groups in total. The lowest BCUT2D eigenvalue weighted by Crippen LogP contribution is -2.27. The zero-order chi connectivity index (χ0) is 27.4. The van der Waals surface area contributed by atoms with Crippen LogP contribution in [0.15, 0.2) is 65.6 Å². The van der Waals surface area contributed by atoms with E-state index in [1.807, 2.05) is 32.0 Å². The van der Waals surface area contributed by atoms with Gasteiger partial charge in [0.2, 0.25) is 0 Å². The minimum absolute atomic E-state index is 0.133. The van der Waals surface area contributed by atoms with Gasteiger partial charge in [0, 0.05) is 17.8 Å². The van der Waals surface area contributed by atoms with E-state index in [0.29, 0.717) is 26.3 Å². The summed E-state index contributed by atoms with van der Waals surface area (Å²) in [5.74, 6) is -0.0138. The van der Waals surface area contributed by atoms with Crippen molar-refractivity contribution >= 4 is 63.3 Å². The van der Waals surface area contributed by atoms with Crippen LogP contribution in [0.3, 0.4) is 0 Å². The van der Waals surface area contributed by atoms with E-state index in [1.54, 1.807) is 30.3 Å². The van der Waals surface area contributed by atoms with Crippen molar-refractivity contribution in [3.8, 4) is 11.5 Å². The maximum absolute atomic E-state index is 13.1. The predicted molar refractivity (Wildman–Crippen MR) is 152 cm³/mol. The number of nitro benzene ring substituents is 1. The average Bonchev–Trinajstić information content (AvgIpc) is 3.17. The first-order valence-electron chi connectivity index (χ1n) is 11.4. The molecule has 0 aliphatic carbocycles. The molecule has 9 nitrogen and oxygen atoms in total. The Labute approximate surface area is 228 Å². The van der Waals surface area contributed by atoms with Crippen molar-refractivity contribution in [2.24, 2.45) is 0 Å². The van der Waals surface area contributed by atoms with Crippen LogP contribution in [-0.2, 0) is 9.59 Å². The molecule has 4 rings (SSSR count). The summed E-state index contributed by atoms with van der Waals surface area (Å²) in [6.07, 6.45) is 1.72. The zero-order valence-corrected chi connectivity index (χ0v) is 22.4. The van der Waals surface area contributed by atoms with Crippen molar-refractivity contribution < 1.29 is 24.0 Å². The second kappa shape index (κ2) is 11.4. The largest absolute Gasteiger partial charge is 0.493 e. The highest BCUT2D eigenvalue weighted by molar-refractivity contribution is 8.27. The van der Waals surface area contributed by atoms with Gasteiger partial charge in [0.1, 0.15) is 0 Å². The van der Waals surface area contributed by atoms with Crippen molar-refractivity contribution in [3.05, 3.63) is 92.4 Å². The highest BCUT2D eigenvalue weighted by atomic mass is 32.2. The van der Waals surface area contributed by atoms with Gasteiger partial charge in [-0.05, 0) is 66.9 Å². The van der Waals surface area contributed by atoms with Crippen LogP contribution >= 0.6 is 24.0 Å². The lowest BCUT2D eigenvalue weighted by Gasteiger charge is -2.16. The van der Waals surface area contributed by atoms with Crippen LogP contribution in [0.5, 0.6) is 11.5 Å². The molecule has 0 radical (unpaired) electrons. The van der Waals surface area contributed by atoms with E-state index in [-0.39, 0.29) is 23.9 Å². The second-order valence-electron chi connectivity index (χ2n) is 8.34. The van der Waals surface area contributed by atoms with Crippen LogP contribution in [0.25, 0.3) is 6.08 Å². The molecule has 0 saturated carbocycles. The van der Waals surface area contributed by atoms with E-state index >= 15 is 0 Å². The average molecular weight is 550 g/mol. The number of rotatable bonds is 8. The van der Waals surface area contributed by atoms with Gasteiger partial charge in [-0.25, -0.2) is 0 Å². The third-order valence-corrected chi connectivity index (χ3v) is 7.03. The highest BCUT2D eigenvalue weighted by Gasteiger charge is 2.33. The van der Waals surface area contributed by atoms with Crippen LogP contribution in [-0.4, -0.2) is 34.8 Å². The Bertz CT molecular complexity index is 1490. The maximum atomic E-state index is 13.1. The SMILES string of the molecule is COc1cc(/C=C2\SC(=S)N(c3ccc(C)c(C)c3)C2=O)ccc1OCC(=O)Nc1cccc([N+](=O)[O-])c1. The van der Waals surface area contributed by atoms with Crippen molar-refractivity contribution in [2.45, 2.75) is 13.8 Å². The quantitative estimate of drug-likeness (QED) is 0.166. The van der Waals surface area contributed by atoms with E-state index in [2.05, 4.69) is 5.32 Å². The van der Waals surface area contributed by atoms with E-state index in [4.69, 9.17) is 21.7 Å². The number of thioether (sulfide) groups is 1. The Balaban J connectivity index is 1.45. The van der Waals surface area contributed by atoms with Gasteiger partial charge in [0.05, 0.1) is 22.6 Å². The molecule has 1 heterocycles. The molecule has 1 aliphatic rings. The summed E-state index contributed by atoms with van der Waals surface area (Å²) < 4.78 is 11.5. The van der Waals surface area contributed by atoms with Crippen molar-refractivity contribution in [2.75, 3.05) is 23.9 Å². The summed E-state index contributed by atoms with van der Waals surface area (Å²) in [6.45, 7) is 3.65. The fourth-order valence-electron chi connectivity index (χ4n) is 3.64. The van der Waals surface area contributed by atoms with Gasteiger partial charge >= 0.3 is 0 Å². The summed E-state index contributed by atoms with van der Waals surface area (Å²) in [5, 5.41) is 13.5. The smallest absolute Gasteiger partial charge is 0.271 e. The number of methoxy groups -OCH3 is 1. The lowest BCUT2D eigenvalue weighted by molar-refractivity contribution is -0.384. The Morgan fingerprint density at radius 2 is 1.89 bits per heavy atom. The fraction of sp³-hybridized carbons (Fsp3) is 0.148. The Morgan fingerprint density at radius 3 is 2.61 bits per heavy atom. The maximum Gasteiger partial charge on any atom is 0.271 e. The first-order chi connectivity index (χ1) is 18.2. The van der Waals surface area contributed by atoms with E-state index in [1.165, 1.54) is 42.0 Å². The van der Waals surface area contributed by atoms with Gasteiger partial charge in [-0.15, -0.1) is 0 Å². The van der Waals surface area contributed by atoms with Gasteiger partial charge in [0.25, 0.3) is 17.5 Å². The molecule has 2 amide bonds. The third kappa shape index (κ3) is 6.01. The molecule has 1 aliphatic heterocycles. The number of nitrogens with zero attached hydrogens (tertiary/aromatic N) is 2.